The van der Waals surface area contributed by atoms with Crippen LogP contribution in [0, 0.1) is 0 Å². The van der Waals surface area contributed by atoms with E-state index in [1.54, 1.807) is 0 Å². The van der Waals surface area contributed by atoms with E-state index in [1.165, 1.54) is 5.56 Å². The Hall–Kier alpha value is -1.85. The van der Waals surface area contributed by atoms with Crippen molar-refractivity contribution >= 4 is 5.97 Å². The van der Waals surface area contributed by atoms with Crippen molar-refractivity contribution in [1.29, 1.82) is 0 Å². The maximum Gasteiger partial charge on any atom is 0.335 e. The van der Waals surface area contributed by atoms with Crippen LogP contribution in [0.25, 0.3) is 0 Å². The van der Waals surface area contributed by atoms with Gasteiger partial charge in [-0.05, 0) is 38.2 Å². The predicted molar refractivity (Wildman–Crippen MR) is 99.3 cm³/mol. The van der Waals surface area contributed by atoms with Crippen LogP contribution in [-0.2, 0) is 20.9 Å². The average Bonchev–Trinajstić information content (AvgIpc) is 3.14. The molecule has 3 rings (SSSR count). The normalized spacial score (nSPS) is 22.5. The molecule has 1 N–H and O–H groups in total. The number of aliphatic hydroxyl groups is 1. The Morgan fingerprint density at radius 2 is 2.12 bits per heavy atom. The number of benzene rings is 1. The van der Waals surface area contributed by atoms with E-state index in [9.17, 15) is 9.90 Å². The molecule has 2 heterocycles. The molecule has 0 aromatic heterocycles. The number of esters is 1. The van der Waals surface area contributed by atoms with Crippen molar-refractivity contribution in [3.8, 4) is 0 Å². The molecule has 5 heteroatoms. The molecule has 142 valence electrons. The van der Waals surface area contributed by atoms with Crippen LogP contribution in [0.15, 0.2) is 41.6 Å². The summed E-state index contributed by atoms with van der Waals surface area (Å²) < 4.78 is 11.0. The molecule has 0 unspecified atom stereocenters. The van der Waals surface area contributed by atoms with E-state index in [0.29, 0.717) is 31.8 Å². The van der Waals surface area contributed by atoms with Crippen molar-refractivity contribution in [2.75, 3.05) is 19.8 Å². The van der Waals surface area contributed by atoms with Crippen molar-refractivity contribution in [2.45, 2.75) is 57.8 Å². The van der Waals surface area contributed by atoms with Gasteiger partial charge >= 0.3 is 5.97 Å². The van der Waals surface area contributed by atoms with Gasteiger partial charge in [0.2, 0.25) is 0 Å². The highest BCUT2D eigenvalue weighted by molar-refractivity contribution is 5.89. The first-order chi connectivity index (χ1) is 12.7. The van der Waals surface area contributed by atoms with Crippen LogP contribution in [0.5, 0.6) is 0 Å². The fourth-order valence-corrected chi connectivity index (χ4v) is 3.98. The lowest BCUT2D eigenvalue weighted by Gasteiger charge is -2.38. The van der Waals surface area contributed by atoms with E-state index in [2.05, 4.69) is 17.0 Å². The van der Waals surface area contributed by atoms with Gasteiger partial charge in [-0.25, -0.2) is 4.79 Å². The van der Waals surface area contributed by atoms with Crippen LogP contribution >= 0.6 is 0 Å². The zero-order valence-corrected chi connectivity index (χ0v) is 15.5. The van der Waals surface area contributed by atoms with E-state index in [0.717, 1.165) is 37.9 Å². The number of carbonyl (C=O) groups excluding carboxylic acids is 1. The molecule has 2 aliphatic rings. The SMILES string of the molecule is CCOC(=O)C1=C(CCCOCc2ccccc2)N2CCC[C@H]2[C@H](O)C1. The maximum absolute atomic E-state index is 12.4. The Kier molecular flexibility index (Phi) is 6.69. The Morgan fingerprint density at radius 1 is 1.31 bits per heavy atom. The number of ether oxygens (including phenoxy) is 2. The summed E-state index contributed by atoms with van der Waals surface area (Å²) in [5.41, 5.74) is 2.87. The van der Waals surface area contributed by atoms with Crippen molar-refractivity contribution in [1.82, 2.24) is 4.90 Å². The average molecular weight is 359 g/mol. The smallest absolute Gasteiger partial charge is 0.335 e. The molecule has 0 amide bonds. The van der Waals surface area contributed by atoms with Gasteiger partial charge in [-0.1, -0.05) is 30.3 Å². The lowest BCUT2D eigenvalue weighted by atomic mass is 9.92. The highest BCUT2D eigenvalue weighted by Gasteiger charge is 2.39. The van der Waals surface area contributed by atoms with Crippen LogP contribution in [0.4, 0.5) is 0 Å². The van der Waals surface area contributed by atoms with Crippen molar-refractivity contribution < 1.29 is 19.4 Å². The minimum absolute atomic E-state index is 0.147. The predicted octanol–water partition coefficient (Wildman–Crippen LogP) is 3.03. The number of aliphatic hydroxyl groups excluding tert-OH is 1. The molecular weight excluding hydrogens is 330 g/mol. The number of allylic oxidation sites excluding steroid dienone is 1. The topological polar surface area (TPSA) is 59.0 Å². The minimum Gasteiger partial charge on any atom is -0.463 e. The molecule has 0 aliphatic carbocycles. The summed E-state index contributed by atoms with van der Waals surface area (Å²) in [5.74, 6) is -0.280. The van der Waals surface area contributed by atoms with Gasteiger partial charge in [-0.15, -0.1) is 0 Å². The van der Waals surface area contributed by atoms with Gasteiger partial charge in [0.15, 0.2) is 0 Å². The zero-order chi connectivity index (χ0) is 18.4. The summed E-state index contributed by atoms with van der Waals surface area (Å²) in [6.07, 6.45) is 3.61. The van der Waals surface area contributed by atoms with E-state index >= 15 is 0 Å². The third kappa shape index (κ3) is 4.46. The van der Waals surface area contributed by atoms with Gasteiger partial charge in [0.05, 0.1) is 30.9 Å². The molecule has 2 aliphatic heterocycles. The van der Waals surface area contributed by atoms with Gasteiger partial charge < -0.3 is 19.5 Å². The van der Waals surface area contributed by atoms with Crippen LogP contribution in [-0.4, -0.2) is 47.9 Å². The van der Waals surface area contributed by atoms with Gasteiger partial charge in [0.1, 0.15) is 0 Å². The maximum atomic E-state index is 12.4. The molecule has 0 bridgehead atoms. The molecule has 0 radical (unpaired) electrons. The Balaban J connectivity index is 1.59. The number of carbonyl (C=O) groups is 1. The lowest BCUT2D eigenvalue weighted by molar-refractivity contribution is -0.139. The quantitative estimate of drug-likeness (QED) is 0.571. The highest BCUT2D eigenvalue weighted by Crippen LogP contribution is 2.36. The van der Waals surface area contributed by atoms with E-state index < -0.39 is 6.10 Å². The monoisotopic (exact) mass is 359 g/mol. The molecular formula is C21H29NO4. The molecule has 1 saturated heterocycles. The third-order valence-electron chi connectivity index (χ3n) is 5.19. The summed E-state index contributed by atoms with van der Waals surface area (Å²) in [6, 6.07) is 10.3. The van der Waals surface area contributed by atoms with Gasteiger partial charge in [0.25, 0.3) is 0 Å². The summed E-state index contributed by atoms with van der Waals surface area (Å²) >= 11 is 0. The second kappa shape index (κ2) is 9.19. The first-order valence-electron chi connectivity index (χ1n) is 9.66. The van der Waals surface area contributed by atoms with Gasteiger partial charge in [-0.3, -0.25) is 0 Å². The van der Waals surface area contributed by atoms with Gasteiger partial charge in [-0.2, -0.15) is 0 Å². The molecule has 0 saturated carbocycles. The van der Waals surface area contributed by atoms with E-state index in [4.69, 9.17) is 9.47 Å². The van der Waals surface area contributed by atoms with E-state index in [-0.39, 0.29) is 12.0 Å². The lowest BCUT2D eigenvalue weighted by Crippen LogP contribution is -2.44. The second-order valence-electron chi connectivity index (χ2n) is 6.96. The summed E-state index contributed by atoms with van der Waals surface area (Å²) in [7, 11) is 0. The molecule has 1 aromatic rings. The minimum atomic E-state index is -0.477. The highest BCUT2D eigenvalue weighted by atomic mass is 16.5. The summed E-state index contributed by atoms with van der Waals surface area (Å²) in [4.78, 5) is 14.6. The van der Waals surface area contributed by atoms with E-state index in [1.807, 2.05) is 25.1 Å². The molecule has 1 fully saturated rings. The fraction of sp³-hybridized carbons (Fsp3) is 0.571. The number of rotatable bonds is 8. The number of nitrogens with zero attached hydrogens (tertiary/aromatic N) is 1. The fourth-order valence-electron chi connectivity index (χ4n) is 3.98. The number of hydrogen-bond donors (Lipinski definition) is 1. The standard InChI is InChI=1S/C21H29NO4/c1-2-26-21(24)17-14-20(23)19-10-6-12-22(19)18(17)11-7-13-25-15-16-8-4-3-5-9-16/h3-5,8-9,19-20,23H,2,6-7,10-15H2,1H3/t19-,20+/m0/s1. The molecule has 1 aromatic carbocycles. The van der Waals surface area contributed by atoms with Crippen LogP contribution < -0.4 is 0 Å². The van der Waals surface area contributed by atoms with Crippen LogP contribution in [0.2, 0.25) is 0 Å². The first kappa shape index (κ1) is 18.9. The Morgan fingerprint density at radius 3 is 2.88 bits per heavy atom. The largest absolute Gasteiger partial charge is 0.463 e. The van der Waals surface area contributed by atoms with Gasteiger partial charge in [0, 0.05) is 25.3 Å². The van der Waals surface area contributed by atoms with Crippen molar-refractivity contribution in [2.24, 2.45) is 0 Å². The van der Waals surface area contributed by atoms with Crippen molar-refractivity contribution in [3.63, 3.8) is 0 Å². The molecule has 2 atom stereocenters. The molecule has 26 heavy (non-hydrogen) atoms. The summed E-state index contributed by atoms with van der Waals surface area (Å²) in [5, 5.41) is 10.4. The third-order valence-corrected chi connectivity index (χ3v) is 5.19. The zero-order valence-electron chi connectivity index (χ0n) is 15.5. The Bertz CT molecular complexity index is 628. The second-order valence-corrected chi connectivity index (χ2v) is 6.96. The molecule has 5 nitrogen and oxygen atoms in total. The van der Waals surface area contributed by atoms with Crippen molar-refractivity contribution in [3.05, 3.63) is 47.2 Å². The van der Waals surface area contributed by atoms with Crippen LogP contribution in [0.1, 0.15) is 44.6 Å². The first-order valence-corrected chi connectivity index (χ1v) is 9.66. The number of hydrogen-bond acceptors (Lipinski definition) is 5. The number of fused-ring (bicyclic) bond motifs is 1. The summed E-state index contributed by atoms with van der Waals surface area (Å²) in [6.45, 7) is 4.33. The van der Waals surface area contributed by atoms with Crippen LogP contribution in [0.3, 0.4) is 0 Å². The Labute approximate surface area is 155 Å². The molecule has 0 spiro atoms.